The highest BCUT2D eigenvalue weighted by Gasteiger charge is 2.24. The first kappa shape index (κ1) is 46.1. The van der Waals surface area contributed by atoms with Crippen LogP contribution in [-0.4, -0.2) is 0 Å². The lowest BCUT2D eigenvalue weighted by atomic mass is 10.0. The number of rotatable bonds is 12. The minimum atomic E-state index is 0.846. The van der Waals surface area contributed by atoms with Crippen molar-refractivity contribution in [3.8, 4) is 33.4 Å². The van der Waals surface area contributed by atoms with Crippen molar-refractivity contribution < 1.29 is 4.42 Å². The van der Waals surface area contributed by atoms with Crippen LogP contribution in [0.5, 0.6) is 0 Å². The van der Waals surface area contributed by atoms with Crippen LogP contribution in [0.25, 0.3) is 76.9 Å². The Morgan fingerprint density at radius 1 is 0.179 bits per heavy atom. The van der Waals surface area contributed by atoms with Crippen molar-refractivity contribution in [3.05, 3.63) is 309 Å². The molecule has 0 aliphatic heterocycles. The maximum atomic E-state index is 6.44. The van der Waals surface area contributed by atoms with Crippen LogP contribution in [-0.2, 0) is 0 Å². The fourth-order valence-corrected chi connectivity index (χ4v) is 11.1. The molecule has 0 N–H and O–H groups in total. The van der Waals surface area contributed by atoms with Gasteiger partial charge in [-0.05, 0) is 170 Å². The molecule has 78 heavy (non-hydrogen) atoms. The normalized spacial score (nSPS) is 11.3. The van der Waals surface area contributed by atoms with E-state index >= 15 is 0 Å². The molecule has 0 unspecified atom stereocenters. The van der Waals surface area contributed by atoms with Crippen molar-refractivity contribution in [1.29, 1.82) is 0 Å². The van der Waals surface area contributed by atoms with Gasteiger partial charge in [0.2, 0.25) is 0 Å². The van der Waals surface area contributed by atoms with Crippen LogP contribution in [0.2, 0.25) is 0 Å². The molecule has 4 nitrogen and oxygen atoms in total. The first-order valence-electron chi connectivity index (χ1n) is 26.5. The summed E-state index contributed by atoms with van der Waals surface area (Å²) in [5.41, 5.74) is 17.8. The van der Waals surface area contributed by atoms with Crippen molar-refractivity contribution >= 4 is 94.7 Å². The Morgan fingerprint density at radius 2 is 0.513 bits per heavy atom. The lowest BCUT2D eigenvalue weighted by molar-refractivity contribution is 0.669. The van der Waals surface area contributed by atoms with Gasteiger partial charge in [-0.15, -0.1) is 0 Å². The predicted octanol–water partition coefficient (Wildman–Crippen LogP) is 21.3. The third kappa shape index (κ3) is 8.87. The zero-order chi connectivity index (χ0) is 51.8. The fraction of sp³-hybridized carbons (Fsp3) is 0. The maximum absolute atomic E-state index is 6.44. The number of hydrogen-bond donors (Lipinski definition) is 0. The zero-order valence-electron chi connectivity index (χ0n) is 42.7. The van der Waals surface area contributed by atoms with E-state index in [2.05, 4.69) is 312 Å². The molecule has 0 spiro atoms. The summed E-state index contributed by atoms with van der Waals surface area (Å²) in [5, 5.41) is 7.04. The van der Waals surface area contributed by atoms with E-state index < -0.39 is 0 Å². The molecule has 0 atom stereocenters. The molecule has 0 saturated heterocycles. The molecule has 0 radical (unpaired) electrons. The molecule has 14 rings (SSSR count). The van der Waals surface area contributed by atoms with Gasteiger partial charge in [-0.3, -0.25) is 0 Å². The molecular weight excluding hydrogens is 947 g/mol. The highest BCUT2D eigenvalue weighted by Crippen LogP contribution is 2.47. The lowest BCUT2D eigenvalue weighted by Gasteiger charge is -2.33. The minimum absolute atomic E-state index is 0.846. The SMILES string of the molecule is c1ccc(-c2ccc(N(c3cc(N(c4ccccc4)c4ccc(-c5ccc6ccccc6c5)cc4)cc(N(c4ccccc4)c4ccc(-c5ccc6ccccc6c5)cc4)c3)c3ccc4oc5ccccc5c4c3)cc2)cc1. The van der Waals surface area contributed by atoms with Crippen molar-refractivity contribution in [2.75, 3.05) is 14.7 Å². The van der Waals surface area contributed by atoms with Crippen LogP contribution in [0.4, 0.5) is 51.2 Å². The summed E-state index contributed by atoms with van der Waals surface area (Å²) in [6, 6.07) is 111. The van der Waals surface area contributed by atoms with Crippen LogP contribution >= 0.6 is 0 Å². The minimum Gasteiger partial charge on any atom is -0.456 e. The number of nitrogens with zero attached hydrogens (tertiary/aromatic N) is 3. The average molecular weight is 998 g/mol. The molecule has 368 valence electrons. The number of hydrogen-bond acceptors (Lipinski definition) is 4. The summed E-state index contributed by atoms with van der Waals surface area (Å²) >= 11 is 0. The molecule has 0 fully saturated rings. The van der Waals surface area contributed by atoms with Crippen LogP contribution in [0.1, 0.15) is 0 Å². The molecule has 0 aliphatic rings. The predicted molar refractivity (Wildman–Crippen MR) is 329 cm³/mol. The Kier molecular flexibility index (Phi) is 11.8. The first-order chi connectivity index (χ1) is 38.6. The average Bonchev–Trinajstić information content (AvgIpc) is 3.89. The van der Waals surface area contributed by atoms with Crippen LogP contribution < -0.4 is 14.7 Å². The second-order valence-electron chi connectivity index (χ2n) is 19.8. The summed E-state index contributed by atoms with van der Waals surface area (Å²) in [6.07, 6.45) is 0. The summed E-state index contributed by atoms with van der Waals surface area (Å²) in [4.78, 5) is 7.15. The van der Waals surface area contributed by atoms with E-state index in [1.54, 1.807) is 0 Å². The topological polar surface area (TPSA) is 22.9 Å². The van der Waals surface area contributed by atoms with E-state index in [-0.39, 0.29) is 0 Å². The number of furan rings is 1. The molecule has 0 bridgehead atoms. The monoisotopic (exact) mass is 997 g/mol. The van der Waals surface area contributed by atoms with Crippen molar-refractivity contribution in [1.82, 2.24) is 0 Å². The van der Waals surface area contributed by atoms with Gasteiger partial charge < -0.3 is 19.1 Å². The molecule has 0 amide bonds. The third-order valence-electron chi connectivity index (χ3n) is 15.0. The van der Waals surface area contributed by atoms with Crippen LogP contribution in [0.3, 0.4) is 0 Å². The summed E-state index contributed by atoms with van der Waals surface area (Å²) in [7, 11) is 0. The molecule has 13 aromatic carbocycles. The van der Waals surface area contributed by atoms with E-state index in [0.29, 0.717) is 0 Å². The highest BCUT2D eigenvalue weighted by molar-refractivity contribution is 6.07. The third-order valence-corrected chi connectivity index (χ3v) is 15.0. The van der Waals surface area contributed by atoms with Crippen molar-refractivity contribution in [2.24, 2.45) is 0 Å². The molecular formula is C74H51N3O. The zero-order valence-corrected chi connectivity index (χ0v) is 42.7. The van der Waals surface area contributed by atoms with E-state index in [9.17, 15) is 0 Å². The van der Waals surface area contributed by atoms with Crippen molar-refractivity contribution in [2.45, 2.75) is 0 Å². The maximum Gasteiger partial charge on any atom is 0.135 e. The van der Waals surface area contributed by atoms with Gasteiger partial charge in [-0.1, -0.05) is 194 Å². The lowest BCUT2D eigenvalue weighted by Crippen LogP contribution is -2.16. The fourth-order valence-electron chi connectivity index (χ4n) is 11.1. The summed E-state index contributed by atoms with van der Waals surface area (Å²) < 4.78 is 6.44. The van der Waals surface area contributed by atoms with E-state index in [0.717, 1.165) is 89.8 Å². The summed E-state index contributed by atoms with van der Waals surface area (Å²) in [5.74, 6) is 0. The largest absolute Gasteiger partial charge is 0.456 e. The van der Waals surface area contributed by atoms with Gasteiger partial charge in [0.1, 0.15) is 11.2 Å². The molecule has 4 heteroatoms. The second-order valence-corrected chi connectivity index (χ2v) is 19.8. The van der Waals surface area contributed by atoms with Gasteiger partial charge in [-0.25, -0.2) is 0 Å². The van der Waals surface area contributed by atoms with Crippen LogP contribution in [0, 0.1) is 0 Å². The molecule has 14 aromatic rings. The number of anilines is 9. The van der Waals surface area contributed by atoms with E-state index in [4.69, 9.17) is 4.42 Å². The van der Waals surface area contributed by atoms with E-state index in [1.165, 1.54) is 38.2 Å². The van der Waals surface area contributed by atoms with Gasteiger partial charge in [-0.2, -0.15) is 0 Å². The van der Waals surface area contributed by atoms with Crippen molar-refractivity contribution in [3.63, 3.8) is 0 Å². The summed E-state index contributed by atoms with van der Waals surface area (Å²) in [6.45, 7) is 0. The molecule has 0 saturated carbocycles. The highest BCUT2D eigenvalue weighted by atomic mass is 16.3. The number of benzene rings is 13. The first-order valence-corrected chi connectivity index (χ1v) is 26.5. The standard InChI is InChI=1S/C74H51N3O/c1-4-16-52(17-5-1)55-32-38-66(39-33-55)77(67-44-45-74-72(51-67)71-26-14-15-27-73(71)78-74)70-49-68(75(62-22-6-2-7-23-62)64-40-34-56(35-41-64)60-30-28-53-18-10-12-20-58(53)46-60)48-69(50-70)76(63-24-8-3-9-25-63)65-42-36-57(37-43-65)61-31-29-54-19-11-13-21-59(54)47-61/h1-51H. The van der Waals surface area contributed by atoms with Gasteiger partial charge in [0.15, 0.2) is 0 Å². The van der Waals surface area contributed by atoms with Crippen LogP contribution in [0.15, 0.2) is 314 Å². The smallest absolute Gasteiger partial charge is 0.135 e. The Morgan fingerprint density at radius 3 is 1.00 bits per heavy atom. The Bertz CT molecular complexity index is 4240. The van der Waals surface area contributed by atoms with Gasteiger partial charge in [0.25, 0.3) is 0 Å². The Hall–Kier alpha value is -10.4. The van der Waals surface area contributed by atoms with Gasteiger partial charge >= 0.3 is 0 Å². The molecule has 1 heterocycles. The van der Waals surface area contributed by atoms with Gasteiger partial charge in [0, 0.05) is 44.9 Å². The second kappa shape index (κ2) is 20.0. The number of fused-ring (bicyclic) bond motifs is 5. The molecule has 1 aromatic heterocycles. The number of para-hydroxylation sites is 3. The quantitative estimate of drug-likeness (QED) is 0.122. The molecule has 0 aliphatic carbocycles. The Labute approximate surface area is 454 Å². The van der Waals surface area contributed by atoms with E-state index in [1.807, 2.05) is 12.1 Å². The van der Waals surface area contributed by atoms with Gasteiger partial charge in [0.05, 0.1) is 17.1 Å². The Balaban J connectivity index is 0.984.